The van der Waals surface area contributed by atoms with E-state index >= 15 is 0 Å². The molecular weight excluding hydrogens is 240 g/mol. The molecule has 0 aliphatic heterocycles. The number of hydrogen-bond acceptors (Lipinski definition) is 3. The Labute approximate surface area is 112 Å². The SMILES string of the molecule is N[C@H](C(=O)NCCCn1ccnc1)c1ccccc1. The first-order valence-electron chi connectivity index (χ1n) is 6.31. The Bertz CT molecular complexity index is 495. The van der Waals surface area contributed by atoms with Crippen LogP contribution in [0.3, 0.4) is 0 Å². The van der Waals surface area contributed by atoms with Gasteiger partial charge in [0.15, 0.2) is 0 Å². The molecule has 100 valence electrons. The lowest BCUT2D eigenvalue weighted by Gasteiger charge is -2.12. The van der Waals surface area contributed by atoms with Crippen molar-refractivity contribution in [1.29, 1.82) is 0 Å². The summed E-state index contributed by atoms with van der Waals surface area (Å²) in [6.07, 6.45) is 6.25. The minimum Gasteiger partial charge on any atom is -0.354 e. The van der Waals surface area contributed by atoms with Crippen molar-refractivity contribution in [1.82, 2.24) is 14.9 Å². The molecule has 5 nitrogen and oxygen atoms in total. The van der Waals surface area contributed by atoms with Crippen LogP contribution in [-0.2, 0) is 11.3 Å². The lowest BCUT2D eigenvalue weighted by Crippen LogP contribution is -2.34. The summed E-state index contributed by atoms with van der Waals surface area (Å²) in [4.78, 5) is 15.8. The van der Waals surface area contributed by atoms with Gasteiger partial charge in [0.1, 0.15) is 6.04 Å². The Kier molecular flexibility index (Phi) is 4.69. The van der Waals surface area contributed by atoms with Crippen molar-refractivity contribution >= 4 is 5.91 Å². The molecule has 0 aliphatic rings. The molecule has 1 aromatic heterocycles. The van der Waals surface area contributed by atoms with Crippen LogP contribution in [0.25, 0.3) is 0 Å². The second-order valence-corrected chi connectivity index (χ2v) is 4.33. The van der Waals surface area contributed by atoms with E-state index in [-0.39, 0.29) is 5.91 Å². The molecule has 19 heavy (non-hydrogen) atoms. The number of nitrogens with zero attached hydrogens (tertiary/aromatic N) is 2. The molecule has 1 atom stereocenters. The quantitative estimate of drug-likeness (QED) is 0.762. The summed E-state index contributed by atoms with van der Waals surface area (Å²) in [6, 6.07) is 8.77. The van der Waals surface area contributed by atoms with E-state index in [1.165, 1.54) is 0 Å². The molecule has 5 heteroatoms. The third kappa shape index (κ3) is 3.93. The van der Waals surface area contributed by atoms with Crippen LogP contribution in [-0.4, -0.2) is 22.0 Å². The highest BCUT2D eigenvalue weighted by atomic mass is 16.2. The lowest BCUT2D eigenvalue weighted by molar-refractivity contribution is -0.122. The number of carbonyl (C=O) groups excluding carboxylic acids is 1. The first-order valence-corrected chi connectivity index (χ1v) is 6.31. The van der Waals surface area contributed by atoms with Crippen LogP contribution < -0.4 is 11.1 Å². The van der Waals surface area contributed by atoms with Crippen molar-refractivity contribution in [3.63, 3.8) is 0 Å². The molecule has 1 aromatic carbocycles. The number of aromatic nitrogens is 2. The van der Waals surface area contributed by atoms with E-state index in [0.29, 0.717) is 6.54 Å². The number of hydrogen-bond donors (Lipinski definition) is 2. The summed E-state index contributed by atoms with van der Waals surface area (Å²) >= 11 is 0. The second-order valence-electron chi connectivity index (χ2n) is 4.33. The molecule has 0 saturated heterocycles. The van der Waals surface area contributed by atoms with Crippen molar-refractivity contribution in [2.24, 2.45) is 5.73 Å². The van der Waals surface area contributed by atoms with Crippen LogP contribution in [0.2, 0.25) is 0 Å². The number of imidazole rings is 1. The van der Waals surface area contributed by atoms with Gasteiger partial charge in [0, 0.05) is 25.5 Å². The summed E-state index contributed by atoms with van der Waals surface area (Å²) < 4.78 is 1.98. The topological polar surface area (TPSA) is 72.9 Å². The molecule has 0 spiro atoms. The largest absolute Gasteiger partial charge is 0.354 e. The molecule has 0 unspecified atom stereocenters. The number of nitrogens with two attached hydrogens (primary N) is 1. The van der Waals surface area contributed by atoms with Crippen LogP contribution in [0.1, 0.15) is 18.0 Å². The number of aryl methyl sites for hydroxylation is 1. The average molecular weight is 258 g/mol. The Hall–Kier alpha value is -2.14. The number of nitrogens with one attached hydrogen (secondary N) is 1. The number of benzene rings is 1. The van der Waals surface area contributed by atoms with Crippen molar-refractivity contribution in [2.45, 2.75) is 19.0 Å². The molecule has 0 bridgehead atoms. The highest BCUT2D eigenvalue weighted by Crippen LogP contribution is 2.08. The van der Waals surface area contributed by atoms with Crippen LogP contribution >= 0.6 is 0 Å². The Balaban J connectivity index is 1.72. The first-order chi connectivity index (χ1) is 9.27. The second kappa shape index (κ2) is 6.70. The predicted molar refractivity (Wildman–Crippen MR) is 73.2 cm³/mol. The molecule has 3 N–H and O–H groups in total. The first kappa shape index (κ1) is 13.3. The molecule has 2 rings (SSSR count). The standard InChI is InChI=1S/C14H18N4O/c15-13(12-5-2-1-3-6-12)14(19)17-7-4-9-18-10-8-16-11-18/h1-3,5-6,8,10-11,13H,4,7,9,15H2,(H,17,19)/t13-/m0/s1. The predicted octanol–water partition coefficient (Wildman–Crippen LogP) is 1.09. The van der Waals surface area contributed by atoms with Gasteiger partial charge in [-0.25, -0.2) is 4.98 Å². The summed E-state index contributed by atoms with van der Waals surface area (Å²) in [7, 11) is 0. The van der Waals surface area contributed by atoms with Gasteiger partial charge in [0.25, 0.3) is 0 Å². The fraction of sp³-hybridized carbons (Fsp3) is 0.286. The molecule has 0 radical (unpaired) electrons. The minimum absolute atomic E-state index is 0.142. The van der Waals surface area contributed by atoms with Gasteiger partial charge in [-0.05, 0) is 12.0 Å². The zero-order valence-corrected chi connectivity index (χ0v) is 10.7. The molecular formula is C14H18N4O. The van der Waals surface area contributed by atoms with Gasteiger partial charge in [-0.15, -0.1) is 0 Å². The maximum atomic E-state index is 11.8. The molecule has 0 saturated carbocycles. The summed E-state index contributed by atoms with van der Waals surface area (Å²) in [5.41, 5.74) is 6.72. The summed E-state index contributed by atoms with van der Waals surface area (Å²) in [6.45, 7) is 1.44. The Morgan fingerprint density at radius 2 is 2.16 bits per heavy atom. The van der Waals surface area contributed by atoms with Crippen molar-refractivity contribution in [2.75, 3.05) is 6.54 Å². The fourth-order valence-electron chi connectivity index (χ4n) is 1.81. The van der Waals surface area contributed by atoms with E-state index in [9.17, 15) is 4.79 Å². The van der Waals surface area contributed by atoms with E-state index in [0.717, 1.165) is 18.5 Å². The molecule has 0 aliphatic carbocycles. The smallest absolute Gasteiger partial charge is 0.241 e. The Morgan fingerprint density at radius 1 is 1.37 bits per heavy atom. The van der Waals surface area contributed by atoms with E-state index < -0.39 is 6.04 Å². The number of carbonyl (C=O) groups is 1. The van der Waals surface area contributed by atoms with Gasteiger partial charge in [-0.1, -0.05) is 30.3 Å². The van der Waals surface area contributed by atoms with Crippen LogP contribution in [0.4, 0.5) is 0 Å². The maximum absolute atomic E-state index is 11.8. The van der Waals surface area contributed by atoms with Gasteiger partial charge in [0.2, 0.25) is 5.91 Å². The molecule has 1 heterocycles. The van der Waals surface area contributed by atoms with Crippen molar-refractivity contribution in [3.8, 4) is 0 Å². The third-order valence-electron chi connectivity index (χ3n) is 2.89. The van der Waals surface area contributed by atoms with Crippen LogP contribution in [0.5, 0.6) is 0 Å². The molecule has 1 amide bonds. The normalized spacial score (nSPS) is 12.1. The van der Waals surface area contributed by atoms with Crippen molar-refractivity contribution < 1.29 is 4.79 Å². The highest BCUT2D eigenvalue weighted by molar-refractivity contribution is 5.82. The zero-order chi connectivity index (χ0) is 13.5. The van der Waals surface area contributed by atoms with E-state index in [1.54, 1.807) is 12.5 Å². The minimum atomic E-state index is -0.602. The Morgan fingerprint density at radius 3 is 2.84 bits per heavy atom. The van der Waals surface area contributed by atoms with E-state index in [4.69, 9.17) is 5.73 Å². The van der Waals surface area contributed by atoms with E-state index in [1.807, 2.05) is 41.1 Å². The molecule has 0 fully saturated rings. The highest BCUT2D eigenvalue weighted by Gasteiger charge is 2.14. The summed E-state index contributed by atoms with van der Waals surface area (Å²) in [5, 5.41) is 2.85. The average Bonchev–Trinajstić information content (AvgIpc) is 2.96. The summed E-state index contributed by atoms with van der Waals surface area (Å²) in [5.74, 6) is -0.142. The maximum Gasteiger partial charge on any atom is 0.241 e. The van der Waals surface area contributed by atoms with Gasteiger partial charge in [-0.2, -0.15) is 0 Å². The third-order valence-corrected chi connectivity index (χ3v) is 2.89. The number of rotatable bonds is 6. The van der Waals surface area contributed by atoms with Crippen LogP contribution in [0.15, 0.2) is 49.1 Å². The van der Waals surface area contributed by atoms with Gasteiger partial charge < -0.3 is 15.6 Å². The lowest BCUT2D eigenvalue weighted by atomic mass is 10.1. The zero-order valence-electron chi connectivity index (χ0n) is 10.7. The van der Waals surface area contributed by atoms with Crippen molar-refractivity contribution in [3.05, 3.63) is 54.6 Å². The fourth-order valence-corrected chi connectivity index (χ4v) is 1.81. The van der Waals surface area contributed by atoms with Gasteiger partial charge in [-0.3, -0.25) is 4.79 Å². The van der Waals surface area contributed by atoms with Gasteiger partial charge >= 0.3 is 0 Å². The number of amides is 1. The monoisotopic (exact) mass is 258 g/mol. The van der Waals surface area contributed by atoms with Crippen LogP contribution in [0, 0.1) is 0 Å². The van der Waals surface area contributed by atoms with E-state index in [2.05, 4.69) is 10.3 Å². The van der Waals surface area contributed by atoms with Gasteiger partial charge in [0.05, 0.1) is 6.33 Å². The molecule has 2 aromatic rings.